The molecule has 3 N–H and O–H groups in total. The second kappa shape index (κ2) is 9.74. The van der Waals surface area contributed by atoms with E-state index in [1.807, 2.05) is 30.3 Å². The van der Waals surface area contributed by atoms with Gasteiger partial charge in [0.15, 0.2) is 17.2 Å². The second-order valence-electron chi connectivity index (χ2n) is 9.09. The molecule has 0 aromatic heterocycles. The van der Waals surface area contributed by atoms with E-state index in [9.17, 15) is 23.9 Å². The lowest BCUT2D eigenvalue weighted by atomic mass is 9.90. The first kappa shape index (κ1) is 24.6. The van der Waals surface area contributed by atoms with Crippen molar-refractivity contribution in [3.8, 4) is 5.75 Å². The fraction of sp³-hybridized carbons (Fsp3) is 0.222. The molecule has 3 amide bonds. The Morgan fingerprint density at radius 3 is 2.70 bits per heavy atom. The average molecular weight is 524 g/mol. The van der Waals surface area contributed by atoms with Crippen LogP contribution in [0.1, 0.15) is 27.9 Å². The van der Waals surface area contributed by atoms with E-state index in [-0.39, 0.29) is 31.0 Å². The summed E-state index contributed by atoms with van der Waals surface area (Å²) in [6, 6.07) is 16.5. The van der Waals surface area contributed by atoms with Gasteiger partial charge >= 0.3 is 6.09 Å². The van der Waals surface area contributed by atoms with Crippen molar-refractivity contribution in [3.05, 3.63) is 94.3 Å². The number of aromatic hydroxyl groups is 1. The summed E-state index contributed by atoms with van der Waals surface area (Å²) in [5, 5.41) is 15.3. The molecular formula is C27H23ClFN3O5. The zero-order chi connectivity index (χ0) is 26.2. The molecule has 0 bridgehead atoms. The molecule has 8 nitrogen and oxygen atoms in total. The molecule has 10 heteroatoms. The number of nitrogens with zero attached hydrogens (tertiary/aromatic N) is 1. The van der Waals surface area contributed by atoms with Crippen LogP contribution in [0.4, 0.5) is 14.9 Å². The normalized spacial score (nSPS) is 19.1. The third-order valence-electron chi connectivity index (χ3n) is 6.64. The van der Waals surface area contributed by atoms with E-state index in [1.54, 1.807) is 23.1 Å². The van der Waals surface area contributed by atoms with Crippen molar-refractivity contribution >= 4 is 35.2 Å². The lowest BCUT2D eigenvalue weighted by molar-refractivity contribution is -0.133. The first-order valence-electron chi connectivity index (χ1n) is 11.7. The van der Waals surface area contributed by atoms with Crippen molar-refractivity contribution in [3.63, 3.8) is 0 Å². The molecule has 1 fully saturated rings. The number of amides is 3. The van der Waals surface area contributed by atoms with Gasteiger partial charge in [-0.25, -0.2) is 9.18 Å². The van der Waals surface area contributed by atoms with Crippen LogP contribution in [0, 0.1) is 5.82 Å². The Bertz CT molecular complexity index is 1390. The molecule has 37 heavy (non-hydrogen) atoms. The minimum Gasteiger partial charge on any atom is -0.505 e. The largest absolute Gasteiger partial charge is 0.505 e. The quantitative estimate of drug-likeness (QED) is 0.464. The van der Waals surface area contributed by atoms with Crippen LogP contribution < -0.4 is 10.6 Å². The number of hydrogen-bond donors (Lipinski definition) is 3. The van der Waals surface area contributed by atoms with Crippen LogP contribution in [0.3, 0.4) is 0 Å². The highest BCUT2D eigenvalue weighted by molar-refractivity contribution is 6.30. The molecule has 5 rings (SSSR count). The number of fused-ring (bicyclic) bond motifs is 2. The lowest BCUT2D eigenvalue weighted by Crippen LogP contribution is -2.50. The van der Waals surface area contributed by atoms with Crippen LogP contribution >= 0.6 is 11.6 Å². The van der Waals surface area contributed by atoms with Gasteiger partial charge in [-0.3, -0.25) is 14.9 Å². The summed E-state index contributed by atoms with van der Waals surface area (Å²) in [5.41, 5.74) is 0.962. The second-order valence-corrected chi connectivity index (χ2v) is 9.53. The Hall–Kier alpha value is -4.11. The van der Waals surface area contributed by atoms with Crippen molar-refractivity contribution in [1.82, 2.24) is 10.2 Å². The molecule has 2 aliphatic heterocycles. The van der Waals surface area contributed by atoms with Gasteiger partial charge in [-0.15, -0.1) is 0 Å². The first-order chi connectivity index (χ1) is 17.7. The molecule has 0 saturated carbocycles. The molecule has 2 atom stereocenters. The predicted octanol–water partition coefficient (Wildman–Crippen LogP) is 4.22. The van der Waals surface area contributed by atoms with Gasteiger partial charge in [0.05, 0.1) is 12.2 Å². The van der Waals surface area contributed by atoms with Gasteiger partial charge in [-0.2, -0.15) is 0 Å². The standard InChI is InChI=1S/C27H23ClFN3O5/c28-18-7-8-21-19(14-18)27(37-26(36)31-21)10-11-32(15-27)25(35)22(12-16-4-2-1-3-5-16)30-24(34)17-6-9-23(33)20(29)13-17/h1-9,13-14,22,33H,10-12,15H2,(H,30,34)(H,31,36)/t22-,27?/m0/s1. The molecule has 3 aromatic carbocycles. The zero-order valence-corrected chi connectivity index (χ0v) is 20.3. The van der Waals surface area contributed by atoms with E-state index in [0.717, 1.165) is 17.7 Å². The van der Waals surface area contributed by atoms with Crippen LogP contribution in [0.5, 0.6) is 5.75 Å². The Labute approximate surface area is 217 Å². The highest BCUT2D eigenvalue weighted by atomic mass is 35.5. The van der Waals surface area contributed by atoms with Crippen molar-refractivity contribution in [2.24, 2.45) is 0 Å². The van der Waals surface area contributed by atoms with E-state index >= 15 is 0 Å². The van der Waals surface area contributed by atoms with Crippen LogP contribution in [-0.2, 0) is 21.6 Å². The average Bonchev–Trinajstić information content (AvgIpc) is 3.30. The Morgan fingerprint density at radius 1 is 1.16 bits per heavy atom. The Morgan fingerprint density at radius 2 is 1.95 bits per heavy atom. The number of carbonyl (C=O) groups excluding carboxylic acids is 3. The highest BCUT2D eigenvalue weighted by Crippen LogP contribution is 2.43. The molecular weight excluding hydrogens is 501 g/mol. The van der Waals surface area contributed by atoms with Crippen molar-refractivity contribution in [1.29, 1.82) is 0 Å². The number of rotatable bonds is 5. The van der Waals surface area contributed by atoms with Gasteiger partial charge in [-0.1, -0.05) is 41.9 Å². The summed E-state index contributed by atoms with van der Waals surface area (Å²) in [5.74, 6) is -2.54. The van der Waals surface area contributed by atoms with E-state index in [1.165, 1.54) is 6.07 Å². The number of benzene rings is 3. The van der Waals surface area contributed by atoms with Gasteiger partial charge < -0.3 is 20.1 Å². The third-order valence-corrected chi connectivity index (χ3v) is 6.87. The van der Waals surface area contributed by atoms with Crippen molar-refractivity contribution in [2.75, 3.05) is 18.4 Å². The minimum atomic E-state index is -1.07. The van der Waals surface area contributed by atoms with Gasteiger partial charge in [0.25, 0.3) is 5.91 Å². The molecule has 190 valence electrons. The molecule has 3 aromatic rings. The van der Waals surface area contributed by atoms with Gasteiger partial charge in [-0.05, 0) is 42.0 Å². The fourth-order valence-electron chi connectivity index (χ4n) is 4.80. The van der Waals surface area contributed by atoms with Gasteiger partial charge in [0.1, 0.15) is 6.04 Å². The number of carbonyl (C=O) groups is 3. The van der Waals surface area contributed by atoms with Gasteiger partial charge in [0.2, 0.25) is 5.91 Å². The Balaban J connectivity index is 1.41. The van der Waals surface area contributed by atoms with E-state index in [0.29, 0.717) is 22.7 Å². The van der Waals surface area contributed by atoms with Crippen LogP contribution in [0.15, 0.2) is 66.7 Å². The smallest absolute Gasteiger partial charge is 0.412 e. The summed E-state index contributed by atoms with van der Waals surface area (Å²) >= 11 is 6.21. The molecule has 1 saturated heterocycles. The summed E-state index contributed by atoms with van der Waals surface area (Å²) in [7, 11) is 0. The number of nitrogens with one attached hydrogen (secondary N) is 2. The van der Waals surface area contributed by atoms with Crippen LogP contribution in [0.25, 0.3) is 0 Å². The minimum absolute atomic E-state index is 0.0325. The third kappa shape index (κ3) is 4.95. The lowest BCUT2D eigenvalue weighted by Gasteiger charge is -2.35. The molecule has 2 heterocycles. The van der Waals surface area contributed by atoms with Crippen molar-refractivity contribution in [2.45, 2.75) is 24.5 Å². The fourth-order valence-corrected chi connectivity index (χ4v) is 4.98. The number of phenols is 1. The number of phenolic OH excluding ortho intramolecular Hbond substituents is 1. The zero-order valence-electron chi connectivity index (χ0n) is 19.5. The number of anilines is 1. The predicted molar refractivity (Wildman–Crippen MR) is 134 cm³/mol. The molecule has 0 radical (unpaired) electrons. The van der Waals surface area contributed by atoms with E-state index < -0.39 is 35.2 Å². The summed E-state index contributed by atoms with van der Waals surface area (Å²) in [4.78, 5) is 40.5. The van der Waals surface area contributed by atoms with E-state index in [2.05, 4.69) is 10.6 Å². The molecule has 1 unspecified atom stereocenters. The number of likely N-dealkylation sites (tertiary alicyclic amines) is 1. The number of hydrogen-bond acceptors (Lipinski definition) is 5. The Kier molecular flexibility index (Phi) is 6.47. The van der Waals surface area contributed by atoms with Crippen molar-refractivity contribution < 1.29 is 28.6 Å². The van der Waals surface area contributed by atoms with E-state index in [4.69, 9.17) is 16.3 Å². The molecule has 2 aliphatic rings. The highest BCUT2D eigenvalue weighted by Gasteiger charge is 2.49. The SMILES string of the molecule is O=C1Nc2ccc(Cl)cc2C2(CCN(C(=O)[C@H](Cc3ccccc3)NC(=O)c3ccc(O)c(F)c3)C2)O1. The first-order valence-corrected chi connectivity index (χ1v) is 12.0. The van der Waals surface area contributed by atoms with Gasteiger partial charge in [0, 0.05) is 35.5 Å². The van der Waals surface area contributed by atoms with Crippen LogP contribution in [0.2, 0.25) is 5.02 Å². The summed E-state index contributed by atoms with van der Waals surface area (Å²) in [6.45, 7) is 0.370. The number of halogens is 2. The topological polar surface area (TPSA) is 108 Å². The summed E-state index contributed by atoms with van der Waals surface area (Å²) in [6.07, 6.45) is -0.0684. The number of ether oxygens (including phenoxy) is 1. The maximum Gasteiger partial charge on any atom is 0.412 e. The monoisotopic (exact) mass is 523 g/mol. The summed E-state index contributed by atoms with van der Waals surface area (Å²) < 4.78 is 19.6. The maximum atomic E-state index is 13.9. The molecule has 0 aliphatic carbocycles. The maximum absolute atomic E-state index is 13.9. The van der Waals surface area contributed by atoms with Crippen LogP contribution in [-0.4, -0.2) is 47.0 Å². The molecule has 1 spiro atoms.